The van der Waals surface area contributed by atoms with E-state index in [1.807, 2.05) is 68.3 Å². The summed E-state index contributed by atoms with van der Waals surface area (Å²) in [6, 6.07) is 13.4. The molecule has 0 aliphatic carbocycles. The van der Waals surface area contributed by atoms with E-state index in [0.717, 1.165) is 16.8 Å². The molecule has 0 aliphatic rings. The molecule has 6 nitrogen and oxygen atoms in total. The predicted octanol–water partition coefficient (Wildman–Crippen LogP) is 2.26. The van der Waals surface area contributed by atoms with Crippen molar-refractivity contribution in [1.82, 2.24) is 5.43 Å². The van der Waals surface area contributed by atoms with Crippen molar-refractivity contribution in [2.75, 3.05) is 31.7 Å². The van der Waals surface area contributed by atoms with Gasteiger partial charge in [0.15, 0.2) is 6.61 Å². The highest BCUT2D eigenvalue weighted by Crippen LogP contribution is 2.16. The van der Waals surface area contributed by atoms with Crippen molar-refractivity contribution < 1.29 is 14.6 Å². The van der Waals surface area contributed by atoms with E-state index in [9.17, 15) is 4.79 Å². The number of amides is 1. The first-order valence-corrected chi connectivity index (χ1v) is 8.43. The Morgan fingerprint density at radius 3 is 2.58 bits per heavy atom. The maximum Gasteiger partial charge on any atom is 0.277 e. The van der Waals surface area contributed by atoms with Gasteiger partial charge in [0.2, 0.25) is 0 Å². The Morgan fingerprint density at radius 2 is 1.92 bits per heavy atom. The first-order chi connectivity index (χ1) is 12.5. The molecule has 0 aliphatic heterocycles. The van der Waals surface area contributed by atoms with Gasteiger partial charge >= 0.3 is 0 Å². The van der Waals surface area contributed by atoms with Gasteiger partial charge in [0.1, 0.15) is 5.75 Å². The highest BCUT2D eigenvalue weighted by molar-refractivity contribution is 5.83. The van der Waals surface area contributed by atoms with E-state index >= 15 is 0 Å². The van der Waals surface area contributed by atoms with Crippen LogP contribution in [0.1, 0.15) is 16.7 Å². The lowest BCUT2D eigenvalue weighted by Crippen LogP contribution is -2.24. The number of aliphatic hydroxyl groups is 1. The molecule has 1 amide bonds. The van der Waals surface area contributed by atoms with E-state index < -0.39 is 0 Å². The SMILES string of the molecule is Cc1ccc(OCC(=O)N/N=C\c2ccc(N(C)CCO)cc2)cc1C. The maximum atomic E-state index is 11.8. The molecule has 26 heavy (non-hydrogen) atoms. The van der Waals surface area contributed by atoms with Gasteiger partial charge in [-0.3, -0.25) is 4.79 Å². The quantitative estimate of drug-likeness (QED) is 0.563. The van der Waals surface area contributed by atoms with E-state index in [1.165, 1.54) is 5.56 Å². The van der Waals surface area contributed by atoms with Crippen LogP contribution >= 0.6 is 0 Å². The van der Waals surface area contributed by atoms with Gasteiger partial charge in [-0.25, -0.2) is 5.43 Å². The summed E-state index contributed by atoms with van der Waals surface area (Å²) in [4.78, 5) is 13.7. The average molecular weight is 355 g/mol. The summed E-state index contributed by atoms with van der Waals surface area (Å²) in [5.74, 6) is 0.341. The molecular weight excluding hydrogens is 330 g/mol. The van der Waals surface area contributed by atoms with E-state index in [2.05, 4.69) is 10.5 Å². The molecule has 0 bridgehead atoms. The lowest BCUT2D eigenvalue weighted by molar-refractivity contribution is -0.123. The Morgan fingerprint density at radius 1 is 1.19 bits per heavy atom. The second kappa shape index (κ2) is 9.58. The molecule has 2 N–H and O–H groups in total. The van der Waals surface area contributed by atoms with Crippen molar-refractivity contribution in [3.8, 4) is 5.75 Å². The predicted molar refractivity (Wildman–Crippen MR) is 104 cm³/mol. The number of hydrogen-bond donors (Lipinski definition) is 2. The number of hydrazone groups is 1. The molecule has 0 unspecified atom stereocenters. The monoisotopic (exact) mass is 355 g/mol. The molecule has 0 fully saturated rings. The van der Waals surface area contributed by atoms with Gasteiger partial charge in [-0.1, -0.05) is 18.2 Å². The lowest BCUT2D eigenvalue weighted by Gasteiger charge is -2.17. The number of aryl methyl sites for hydroxylation is 2. The molecule has 0 heterocycles. The highest BCUT2D eigenvalue weighted by atomic mass is 16.5. The second-order valence-corrected chi connectivity index (χ2v) is 6.06. The summed E-state index contributed by atoms with van der Waals surface area (Å²) >= 11 is 0. The molecule has 0 saturated heterocycles. The van der Waals surface area contributed by atoms with Crippen LogP contribution < -0.4 is 15.1 Å². The number of benzene rings is 2. The fourth-order valence-electron chi connectivity index (χ4n) is 2.26. The number of hydrogen-bond acceptors (Lipinski definition) is 5. The number of nitrogens with zero attached hydrogens (tertiary/aromatic N) is 2. The zero-order valence-corrected chi connectivity index (χ0v) is 15.4. The fourth-order valence-corrected chi connectivity index (χ4v) is 2.26. The van der Waals surface area contributed by atoms with E-state index in [-0.39, 0.29) is 19.1 Å². The number of rotatable bonds is 8. The third-order valence-electron chi connectivity index (χ3n) is 4.02. The van der Waals surface area contributed by atoms with Crippen LogP contribution in [0.25, 0.3) is 0 Å². The Labute approximate surface area is 154 Å². The Hall–Kier alpha value is -2.86. The number of ether oxygens (including phenoxy) is 1. The first kappa shape index (κ1) is 19.5. The zero-order valence-electron chi connectivity index (χ0n) is 15.4. The average Bonchev–Trinajstić information content (AvgIpc) is 2.63. The van der Waals surface area contributed by atoms with Gasteiger partial charge in [-0.2, -0.15) is 5.10 Å². The summed E-state index contributed by atoms with van der Waals surface area (Å²) in [6.45, 7) is 4.61. The van der Waals surface area contributed by atoms with E-state index in [0.29, 0.717) is 12.3 Å². The van der Waals surface area contributed by atoms with Crippen LogP contribution in [0, 0.1) is 13.8 Å². The van der Waals surface area contributed by atoms with Crippen molar-refractivity contribution in [2.45, 2.75) is 13.8 Å². The number of aliphatic hydroxyl groups excluding tert-OH is 1. The minimum absolute atomic E-state index is 0.0925. The Balaban J connectivity index is 1.80. The van der Waals surface area contributed by atoms with Gasteiger partial charge in [-0.05, 0) is 54.8 Å². The summed E-state index contributed by atoms with van der Waals surface area (Å²) in [7, 11) is 1.91. The Bertz CT molecular complexity index is 757. The van der Waals surface area contributed by atoms with Crippen LogP contribution in [-0.4, -0.2) is 44.0 Å². The van der Waals surface area contributed by atoms with E-state index in [4.69, 9.17) is 9.84 Å². The first-order valence-electron chi connectivity index (χ1n) is 8.43. The largest absolute Gasteiger partial charge is 0.484 e. The van der Waals surface area contributed by atoms with Crippen LogP contribution in [-0.2, 0) is 4.79 Å². The topological polar surface area (TPSA) is 74.2 Å². The number of anilines is 1. The standard InChI is InChI=1S/C20H25N3O3/c1-15-4-9-19(12-16(15)2)26-14-20(25)22-21-13-17-5-7-18(8-6-17)23(3)10-11-24/h4-9,12-13,24H,10-11,14H2,1-3H3,(H,22,25)/b21-13-. The highest BCUT2D eigenvalue weighted by Gasteiger charge is 2.03. The summed E-state index contributed by atoms with van der Waals surface area (Å²) in [6.07, 6.45) is 1.57. The van der Waals surface area contributed by atoms with Crippen LogP contribution in [0.15, 0.2) is 47.6 Å². The number of likely N-dealkylation sites (N-methyl/N-ethyl adjacent to an activating group) is 1. The molecule has 0 radical (unpaired) electrons. The molecule has 138 valence electrons. The van der Waals surface area contributed by atoms with Gasteiger partial charge in [0.05, 0.1) is 12.8 Å². The Kier molecular flexibility index (Phi) is 7.17. The number of nitrogens with one attached hydrogen (secondary N) is 1. The summed E-state index contributed by atoms with van der Waals surface area (Å²) in [5, 5.41) is 12.9. The third-order valence-corrected chi connectivity index (χ3v) is 4.02. The molecule has 6 heteroatoms. The minimum atomic E-state index is -0.321. The van der Waals surface area contributed by atoms with Crippen LogP contribution in [0.5, 0.6) is 5.75 Å². The molecule has 2 aromatic rings. The second-order valence-electron chi connectivity index (χ2n) is 6.06. The van der Waals surface area contributed by atoms with E-state index in [1.54, 1.807) is 6.21 Å². The molecule has 2 rings (SSSR count). The molecule has 0 saturated carbocycles. The number of carbonyl (C=O) groups excluding carboxylic acids is 1. The molecule has 0 atom stereocenters. The molecule has 0 aromatic heterocycles. The van der Waals surface area contributed by atoms with Crippen molar-refractivity contribution in [2.24, 2.45) is 5.10 Å². The van der Waals surface area contributed by atoms with Crippen LogP contribution in [0.2, 0.25) is 0 Å². The fraction of sp³-hybridized carbons (Fsp3) is 0.300. The van der Waals surface area contributed by atoms with Crippen molar-refractivity contribution >= 4 is 17.8 Å². The van der Waals surface area contributed by atoms with Crippen molar-refractivity contribution in [1.29, 1.82) is 0 Å². The minimum Gasteiger partial charge on any atom is -0.484 e. The maximum absolute atomic E-state index is 11.8. The number of carbonyl (C=O) groups is 1. The van der Waals surface area contributed by atoms with Crippen LogP contribution in [0.4, 0.5) is 5.69 Å². The van der Waals surface area contributed by atoms with Crippen molar-refractivity contribution in [3.63, 3.8) is 0 Å². The van der Waals surface area contributed by atoms with Gasteiger partial charge in [-0.15, -0.1) is 0 Å². The zero-order chi connectivity index (χ0) is 18.9. The summed E-state index contributed by atoms with van der Waals surface area (Å²) in [5.41, 5.74) is 6.61. The van der Waals surface area contributed by atoms with Crippen molar-refractivity contribution in [3.05, 3.63) is 59.2 Å². The third kappa shape index (κ3) is 5.89. The van der Waals surface area contributed by atoms with Gasteiger partial charge < -0.3 is 14.7 Å². The summed E-state index contributed by atoms with van der Waals surface area (Å²) < 4.78 is 5.46. The van der Waals surface area contributed by atoms with Crippen LogP contribution in [0.3, 0.4) is 0 Å². The molecule has 2 aromatic carbocycles. The molecule has 0 spiro atoms. The lowest BCUT2D eigenvalue weighted by atomic mass is 10.1. The molecular formula is C20H25N3O3. The normalized spacial score (nSPS) is 10.8. The smallest absolute Gasteiger partial charge is 0.277 e. The van der Waals surface area contributed by atoms with Gasteiger partial charge in [0.25, 0.3) is 5.91 Å². The van der Waals surface area contributed by atoms with Gasteiger partial charge in [0, 0.05) is 19.3 Å².